The number of carbonyl (C=O) groups excluding carboxylic acids is 1. The zero-order valence-electron chi connectivity index (χ0n) is 9.41. The molecule has 1 aromatic carbocycles. The van der Waals surface area contributed by atoms with E-state index in [4.69, 9.17) is 16.3 Å². The van der Waals surface area contributed by atoms with E-state index in [1.807, 2.05) is 12.1 Å². The fourth-order valence-corrected chi connectivity index (χ4v) is 1.80. The van der Waals surface area contributed by atoms with Crippen molar-refractivity contribution in [1.82, 2.24) is 10.6 Å². The van der Waals surface area contributed by atoms with Crippen LogP contribution in [0.5, 0.6) is 0 Å². The van der Waals surface area contributed by atoms with Crippen molar-refractivity contribution in [3.63, 3.8) is 0 Å². The average molecular weight is 255 g/mol. The van der Waals surface area contributed by atoms with Gasteiger partial charge in [-0.05, 0) is 30.5 Å². The summed E-state index contributed by atoms with van der Waals surface area (Å²) in [7, 11) is 0. The Morgan fingerprint density at radius 2 is 2.18 bits per heavy atom. The fraction of sp³-hybridized carbons (Fsp3) is 0.417. The molecule has 1 fully saturated rings. The molecule has 0 spiro atoms. The molecule has 0 saturated carbocycles. The molecule has 1 unspecified atom stereocenters. The molecule has 2 rings (SSSR count). The largest absolute Gasteiger partial charge is 0.358 e. The second kappa shape index (κ2) is 5.89. The van der Waals surface area contributed by atoms with Crippen LogP contribution >= 0.6 is 11.6 Å². The minimum atomic E-state index is -0.202. The molecule has 4 nitrogen and oxygen atoms in total. The molecule has 0 bridgehead atoms. The van der Waals surface area contributed by atoms with E-state index >= 15 is 0 Å². The Hall–Kier alpha value is -1.26. The number of hydrogen-bond acceptors (Lipinski definition) is 2. The van der Waals surface area contributed by atoms with E-state index in [0.717, 1.165) is 25.0 Å². The molecule has 92 valence electrons. The van der Waals surface area contributed by atoms with Gasteiger partial charge in [0, 0.05) is 18.2 Å². The van der Waals surface area contributed by atoms with Gasteiger partial charge in [0.2, 0.25) is 0 Å². The number of amides is 2. The first-order valence-corrected chi connectivity index (χ1v) is 6.02. The van der Waals surface area contributed by atoms with Crippen molar-refractivity contribution in [2.75, 3.05) is 6.61 Å². The summed E-state index contributed by atoms with van der Waals surface area (Å²) in [6, 6.07) is 7.17. The fourth-order valence-electron chi connectivity index (χ4n) is 1.67. The second-order valence-corrected chi connectivity index (χ2v) is 4.39. The van der Waals surface area contributed by atoms with Gasteiger partial charge in [0.15, 0.2) is 0 Å². The first-order valence-electron chi connectivity index (χ1n) is 5.64. The molecule has 2 N–H and O–H groups in total. The molecule has 1 atom stereocenters. The van der Waals surface area contributed by atoms with Crippen LogP contribution in [0.15, 0.2) is 24.3 Å². The maximum absolute atomic E-state index is 11.5. The molecule has 17 heavy (non-hydrogen) atoms. The highest BCUT2D eigenvalue weighted by Gasteiger charge is 2.16. The van der Waals surface area contributed by atoms with Gasteiger partial charge in [0.25, 0.3) is 0 Å². The van der Waals surface area contributed by atoms with E-state index in [1.54, 1.807) is 12.1 Å². The van der Waals surface area contributed by atoms with Crippen molar-refractivity contribution < 1.29 is 9.53 Å². The van der Waals surface area contributed by atoms with Crippen molar-refractivity contribution in [2.24, 2.45) is 0 Å². The molecule has 5 heteroatoms. The van der Waals surface area contributed by atoms with E-state index in [2.05, 4.69) is 10.6 Å². The topological polar surface area (TPSA) is 50.4 Å². The Balaban J connectivity index is 1.73. The lowest BCUT2D eigenvalue weighted by Gasteiger charge is -2.12. The smallest absolute Gasteiger partial charge is 0.317 e. The van der Waals surface area contributed by atoms with Crippen LogP contribution in [0.25, 0.3) is 0 Å². The van der Waals surface area contributed by atoms with E-state index in [0.29, 0.717) is 11.6 Å². The highest BCUT2D eigenvalue weighted by atomic mass is 35.5. The third kappa shape index (κ3) is 3.91. The quantitative estimate of drug-likeness (QED) is 0.870. The predicted molar refractivity (Wildman–Crippen MR) is 65.8 cm³/mol. The Bertz CT molecular complexity index is 375. The minimum absolute atomic E-state index is 0.139. The van der Waals surface area contributed by atoms with E-state index in [9.17, 15) is 4.79 Å². The Morgan fingerprint density at radius 1 is 1.41 bits per heavy atom. The van der Waals surface area contributed by atoms with Crippen molar-refractivity contribution in [1.29, 1.82) is 0 Å². The maximum Gasteiger partial charge on any atom is 0.317 e. The van der Waals surface area contributed by atoms with Crippen LogP contribution in [0.3, 0.4) is 0 Å². The summed E-state index contributed by atoms with van der Waals surface area (Å²) >= 11 is 5.77. The van der Waals surface area contributed by atoms with Gasteiger partial charge in [-0.15, -0.1) is 0 Å². The predicted octanol–water partition coefficient (Wildman–Crippen LogP) is 2.28. The highest BCUT2D eigenvalue weighted by molar-refractivity contribution is 6.30. The standard InChI is InChI=1S/C12H15ClN2O2/c13-10-5-3-9(4-6-10)8-14-12(16)15-11-2-1-7-17-11/h3-6,11H,1-2,7-8H2,(H2,14,15,16). The number of urea groups is 1. The second-order valence-electron chi connectivity index (χ2n) is 3.96. The summed E-state index contributed by atoms with van der Waals surface area (Å²) in [6.45, 7) is 1.21. The zero-order chi connectivity index (χ0) is 12.1. The van der Waals surface area contributed by atoms with Crippen molar-refractivity contribution in [3.8, 4) is 0 Å². The summed E-state index contributed by atoms with van der Waals surface area (Å²) < 4.78 is 5.30. The van der Waals surface area contributed by atoms with Crippen LogP contribution in [-0.2, 0) is 11.3 Å². The first-order chi connectivity index (χ1) is 8.24. The number of ether oxygens (including phenoxy) is 1. The zero-order valence-corrected chi connectivity index (χ0v) is 10.2. The first kappa shape index (κ1) is 12.2. The molecule has 0 aliphatic carbocycles. The molecule has 1 saturated heterocycles. The molecule has 0 radical (unpaired) electrons. The normalized spacial score (nSPS) is 19.0. The van der Waals surface area contributed by atoms with Crippen LogP contribution in [0, 0.1) is 0 Å². The number of halogens is 1. The van der Waals surface area contributed by atoms with Crippen LogP contribution in [0.4, 0.5) is 4.79 Å². The molecular formula is C12H15ClN2O2. The van der Waals surface area contributed by atoms with Gasteiger partial charge in [-0.1, -0.05) is 23.7 Å². The van der Waals surface area contributed by atoms with E-state index < -0.39 is 0 Å². The van der Waals surface area contributed by atoms with Crippen LogP contribution in [0.2, 0.25) is 5.02 Å². The minimum Gasteiger partial charge on any atom is -0.358 e. The summed E-state index contributed by atoms with van der Waals surface area (Å²) in [4.78, 5) is 11.5. The SMILES string of the molecule is O=C(NCc1ccc(Cl)cc1)NC1CCCO1. The van der Waals surface area contributed by atoms with Gasteiger partial charge in [-0.2, -0.15) is 0 Å². The van der Waals surface area contributed by atoms with Gasteiger partial charge >= 0.3 is 6.03 Å². The lowest BCUT2D eigenvalue weighted by molar-refractivity contribution is 0.0907. The van der Waals surface area contributed by atoms with Crippen LogP contribution in [-0.4, -0.2) is 18.9 Å². The molecule has 0 aromatic heterocycles. The Morgan fingerprint density at radius 3 is 2.82 bits per heavy atom. The van der Waals surface area contributed by atoms with Crippen molar-refractivity contribution >= 4 is 17.6 Å². The molecule has 1 aliphatic rings. The summed E-state index contributed by atoms with van der Waals surface area (Å²) in [5.74, 6) is 0. The third-order valence-corrected chi connectivity index (χ3v) is 2.84. The Kier molecular flexibility index (Phi) is 4.23. The lowest BCUT2D eigenvalue weighted by atomic mass is 10.2. The van der Waals surface area contributed by atoms with Crippen LogP contribution in [0.1, 0.15) is 18.4 Å². The monoisotopic (exact) mass is 254 g/mol. The number of rotatable bonds is 3. The van der Waals surface area contributed by atoms with Crippen molar-refractivity contribution in [2.45, 2.75) is 25.6 Å². The Labute approximate surface area is 105 Å². The molecule has 2 amide bonds. The van der Waals surface area contributed by atoms with E-state index in [-0.39, 0.29) is 12.3 Å². The van der Waals surface area contributed by atoms with Gasteiger partial charge in [-0.3, -0.25) is 0 Å². The maximum atomic E-state index is 11.5. The number of nitrogens with one attached hydrogen (secondary N) is 2. The molecule has 1 heterocycles. The summed E-state index contributed by atoms with van der Waals surface area (Å²) in [5.41, 5.74) is 1.01. The average Bonchev–Trinajstić information content (AvgIpc) is 2.81. The van der Waals surface area contributed by atoms with Gasteiger partial charge in [0.1, 0.15) is 6.23 Å². The summed E-state index contributed by atoms with van der Waals surface area (Å²) in [5, 5.41) is 6.23. The summed E-state index contributed by atoms with van der Waals surface area (Å²) in [6.07, 6.45) is 1.75. The highest BCUT2D eigenvalue weighted by Crippen LogP contribution is 2.10. The van der Waals surface area contributed by atoms with Gasteiger partial charge < -0.3 is 15.4 Å². The van der Waals surface area contributed by atoms with Crippen molar-refractivity contribution in [3.05, 3.63) is 34.9 Å². The van der Waals surface area contributed by atoms with Gasteiger partial charge in [0.05, 0.1) is 0 Å². The number of benzene rings is 1. The van der Waals surface area contributed by atoms with Crippen LogP contribution < -0.4 is 10.6 Å². The number of carbonyl (C=O) groups is 1. The third-order valence-electron chi connectivity index (χ3n) is 2.59. The molecule has 1 aromatic rings. The molecule has 1 aliphatic heterocycles. The lowest BCUT2D eigenvalue weighted by Crippen LogP contribution is -2.41. The number of hydrogen-bond donors (Lipinski definition) is 2. The van der Waals surface area contributed by atoms with Gasteiger partial charge in [-0.25, -0.2) is 4.79 Å². The molecular weight excluding hydrogens is 240 g/mol. The van der Waals surface area contributed by atoms with E-state index in [1.165, 1.54) is 0 Å².